The van der Waals surface area contributed by atoms with Gasteiger partial charge in [-0.15, -0.1) is 0 Å². The molecule has 0 bridgehead atoms. The van der Waals surface area contributed by atoms with Crippen molar-refractivity contribution in [3.63, 3.8) is 0 Å². The van der Waals surface area contributed by atoms with Crippen LogP contribution >= 0.6 is 11.6 Å². The molecule has 1 saturated heterocycles. The number of hydrogen-bond acceptors (Lipinski definition) is 5. The number of pyridine rings is 1. The van der Waals surface area contributed by atoms with Crippen LogP contribution in [0.2, 0.25) is 5.02 Å². The molecule has 0 aliphatic carbocycles. The Kier molecular flexibility index (Phi) is 8.00. The Labute approximate surface area is 260 Å². The summed E-state index contributed by atoms with van der Waals surface area (Å²) in [5.41, 5.74) is -0.191. The van der Waals surface area contributed by atoms with Gasteiger partial charge in [0.1, 0.15) is 35.7 Å². The zero-order valence-electron chi connectivity index (χ0n) is 24.1. The van der Waals surface area contributed by atoms with E-state index in [0.29, 0.717) is 17.9 Å². The first-order valence-electron chi connectivity index (χ1n) is 13.9. The predicted molar refractivity (Wildman–Crippen MR) is 158 cm³/mol. The van der Waals surface area contributed by atoms with Crippen molar-refractivity contribution < 1.29 is 36.9 Å². The van der Waals surface area contributed by atoms with Gasteiger partial charge in [0.25, 0.3) is 0 Å². The first kappa shape index (κ1) is 30.5. The zero-order valence-corrected chi connectivity index (χ0v) is 24.8. The van der Waals surface area contributed by atoms with E-state index in [1.807, 2.05) is 13.8 Å². The number of hydrogen-bond donors (Lipinski definition) is 1. The molecule has 6 rings (SSSR count). The van der Waals surface area contributed by atoms with Crippen LogP contribution in [0, 0.1) is 28.7 Å². The molecule has 2 aromatic heterocycles. The fourth-order valence-corrected chi connectivity index (χ4v) is 5.67. The van der Waals surface area contributed by atoms with E-state index in [-0.39, 0.29) is 64.5 Å². The smallest absolute Gasteiger partial charge is 0.338 e. The van der Waals surface area contributed by atoms with Crippen LogP contribution in [0.4, 0.5) is 17.6 Å². The van der Waals surface area contributed by atoms with Crippen LogP contribution < -0.4 is 4.74 Å². The number of benzene rings is 3. The molecule has 3 aromatic carbocycles. The highest BCUT2D eigenvalue weighted by Gasteiger charge is 2.39. The van der Waals surface area contributed by atoms with Gasteiger partial charge in [-0.25, -0.2) is 32.3 Å². The molecular weight excluding hydrogens is 614 g/mol. The summed E-state index contributed by atoms with van der Waals surface area (Å²) in [6.45, 7) is 4.46. The molecule has 0 amide bonds. The molecule has 1 atom stereocenters. The van der Waals surface area contributed by atoms with Crippen LogP contribution in [-0.4, -0.2) is 38.8 Å². The predicted octanol–water partition coefficient (Wildman–Crippen LogP) is 7.77. The van der Waals surface area contributed by atoms with Gasteiger partial charge in [-0.2, -0.15) is 0 Å². The molecular formula is C33H26ClF4N3O4. The molecule has 1 fully saturated rings. The average molecular weight is 640 g/mol. The number of carbonyl (C=O) groups is 1. The Bertz CT molecular complexity index is 1960. The summed E-state index contributed by atoms with van der Waals surface area (Å²) in [5.74, 6) is -4.06. The third kappa shape index (κ3) is 5.97. The van der Waals surface area contributed by atoms with E-state index in [4.69, 9.17) is 21.1 Å². The zero-order chi connectivity index (χ0) is 32.0. The van der Waals surface area contributed by atoms with Crippen LogP contribution in [0.3, 0.4) is 0 Å². The number of rotatable bonds is 8. The normalized spacial score (nSPS) is 15.9. The summed E-state index contributed by atoms with van der Waals surface area (Å²) in [7, 11) is 0. The van der Waals surface area contributed by atoms with Crippen LogP contribution in [-0.2, 0) is 17.8 Å². The molecule has 0 unspecified atom stereocenters. The van der Waals surface area contributed by atoms with Gasteiger partial charge in [-0.1, -0.05) is 37.6 Å². The Morgan fingerprint density at radius 2 is 1.78 bits per heavy atom. The van der Waals surface area contributed by atoms with E-state index in [0.717, 1.165) is 24.3 Å². The van der Waals surface area contributed by atoms with Gasteiger partial charge in [-0.05, 0) is 42.0 Å². The lowest BCUT2D eigenvalue weighted by molar-refractivity contribution is 0.0692. The summed E-state index contributed by atoms with van der Waals surface area (Å²) >= 11 is 5.79. The van der Waals surface area contributed by atoms with Crippen molar-refractivity contribution in [1.82, 2.24) is 14.5 Å². The number of halogens is 5. The highest BCUT2D eigenvalue weighted by atomic mass is 35.5. The third-order valence-corrected chi connectivity index (χ3v) is 8.16. The number of aromatic nitrogens is 3. The van der Waals surface area contributed by atoms with Gasteiger partial charge in [0, 0.05) is 40.1 Å². The summed E-state index contributed by atoms with van der Waals surface area (Å²) in [5, 5.41) is 9.76. The van der Waals surface area contributed by atoms with E-state index < -0.39 is 40.2 Å². The van der Waals surface area contributed by atoms with E-state index in [1.54, 1.807) is 10.6 Å². The highest BCUT2D eigenvalue weighted by Crippen LogP contribution is 2.41. The molecule has 1 N–H and O–H groups in total. The first-order chi connectivity index (χ1) is 21.4. The van der Waals surface area contributed by atoms with E-state index in [9.17, 15) is 18.7 Å². The SMILES string of the molecule is CC1(C)COC[C@H]1n1c(Cc2cc(F)c(-c3cccc(OCc4ccc(Cl)cc4F)n3)cc2F)nc2cc(F)c(C(=O)O)cc21. The minimum absolute atomic E-state index is 0.0194. The fraction of sp³-hybridized carbons (Fsp3) is 0.242. The maximum atomic E-state index is 15.6. The van der Waals surface area contributed by atoms with Crippen LogP contribution in [0.5, 0.6) is 5.88 Å². The topological polar surface area (TPSA) is 86.5 Å². The number of aromatic carboxylic acids is 1. The lowest BCUT2D eigenvalue weighted by Gasteiger charge is -2.28. The number of ether oxygens (including phenoxy) is 2. The van der Waals surface area contributed by atoms with Crippen molar-refractivity contribution in [2.45, 2.75) is 32.9 Å². The fourth-order valence-electron chi connectivity index (χ4n) is 5.51. The Morgan fingerprint density at radius 3 is 2.49 bits per heavy atom. The number of imidazole rings is 1. The molecule has 3 heterocycles. The van der Waals surface area contributed by atoms with Gasteiger partial charge in [0.05, 0.1) is 41.5 Å². The number of fused-ring (bicyclic) bond motifs is 1. The second kappa shape index (κ2) is 11.8. The van der Waals surface area contributed by atoms with E-state index >= 15 is 8.78 Å². The maximum Gasteiger partial charge on any atom is 0.338 e. The van der Waals surface area contributed by atoms with Crippen LogP contribution in [0.1, 0.15) is 47.2 Å². The lowest BCUT2D eigenvalue weighted by Crippen LogP contribution is -2.27. The lowest BCUT2D eigenvalue weighted by atomic mass is 9.87. The van der Waals surface area contributed by atoms with Crippen LogP contribution in [0.15, 0.2) is 60.7 Å². The molecule has 5 aromatic rings. The maximum absolute atomic E-state index is 15.6. The molecule has 0 radical (unpaired) electrons. The van der Waals surface area contributed by atoms with Crippen molar-refractivity contribution in [3.8, 4) is 17.1 Å². The molecule has 1 aliphatic heterocycles. The van der Waals surface area contributed by atoms with Crippen molar-refractivity contribution in [3.05, 3.63) is 111 Å². The molecule has 12 heteroatoms. The molecule has 45 heavy (non-hydrogen) atoms. The second-order valence-corrected chi connectivity index (χ2v) is 12.0. The van der Waals surface area contributed by atoms with Gasteiger partial charge in [-0.3, -0.25) is 0 Å². The van der Waals surface area contributed by atoms with Crippen molar-refractivity contribution in [2.75, 3.05) is 13.2 Å². The number of nitrogens with zero attached hydrogens (tertiary/aromatic N) is 3. The summed E-state index contributed by atoms with van der Waals surface area (Å²) < 4.78 is 72.9. The quantitative estimate of drug-likeness (QED) is 0.175. The third-order valence-electron chi connectivity index (χ3n) is 7.92. The number of carboxylic acids is 1. The average Bonchev–Trinajstić information content (AvgIpc) is 3.50. The Balaban J connectivity index is 1.33. The summed E-state index contributed by atoms with van der Waals surface area (Å²) in [6, 6.07) is 12.7. The van der Waals surface area contributed by atoms with E-state index in [1.165, 1.54) is 30.3 Å². The van der Waals surface area contributed by atoms with Crippen molar-refractivity contribution >= 4 is 28.6 Å². The Morgan fingerprint density at radius 1 is 1.00 bits per heavy atom. The molecule has 0 saturated carbocycles. The van der Waals surface area contributed by atoms with Crippen molar-refractivity contribution in [2.24, 2.45) is 5.41 Å². The van der Waals surface area contributed by atoms with Gasteiger partial charge in [0.2, 0.25) is 5.88 Å². The largest absolute Gasteiger partial charge is 0.478 e. The minimum Gasteiger partial charge on any atom is -0.478 e. The first-order valence-corrected chi connectivity index (χ1v) is 14.3. The van der Waals surface area contributed by atoms with Gasteiger partial charge >= 0.3 is 5.97 Å². The summed E-state index contributed by atoms with van der Waals surface area (Å²) in [4.78, 5) is 20.5. The van der Waals surface area contributed by atoms with Crippen molar-refractivity contribution in [1.29, 1.82) is 0 Å². The molecule has 0 spiro atoms. The van der Waals surface area contributed by atoms with E-state index in [2.05, 4.69) is 9.97 Å². The monoisotopic (exact) mass is 639 g/mol. The van der Waals surface area contributed by atoms with Crippen LogP contribution in [0.25, 0.3) is 22.3 Å². The summed E-state index contributed by atoms with van der Waals surface area (Å²) in [6.07, 6.45) is -0.169. The standard InChI is InChI=1S/C33H26ClF4N3O4/c1-33(2)16-44-15-29(33)41-28-12-21(32(42)43)25(38)13-27(28)39-30(41)9-18-8-24(37)20(11-23(18)36)26-4-3-5-31(40-26)45-14-17-6-7-19(34)10-22(17)35/h3-8,10-13,29H,9,14-16H2,1-2H3,(H,42,43)/t29-/m1/s1. The molecule has 1 aliphatic rings. The minimum atomic E-state index is -1.44. The molecule has 7 nitrogen and oxygen atoms in total. The highest BCUT2D eigenvalue weighted by molar-refractivity contribution is 6.30. The number of carboxylic acid groups (broad SMARTS) is 1. The van der Waals surface area contributed by atoms with Gasteiger partial charge in [0.15, 0.2) is 0 Å². The Hall–Kier alpha value is -4.48. The second-order valence-electron chi connectivity index (χ2n) is 11.5. The van der Waals surface area contributed by atoms with Gasteiger partial charge < -0.3 is 19.1 Å². The molecule has 232 valence electrons.